The first-order valence-corrected chi connectivity index (χ1v) is 9.52. The van der Waals surface area contributed by atoms with Crippen LogP contribution in [0.3, 0.4) is 0 Å². The number of carbonyl (C=O) groups is 1. The summed E-state index contributed by atoms with van der Waals surface area (Å²) in [5.74, 6) is 0.336. The second-order valence-corrected chi connectivity index (χ2v) is 7.31. The van der Waals surface area contributed by atoms with Crippen LogP contribution in [0.2, 0.25) is 0 Å². The first kappa shape index (κ1) is 18.2. The normalized spacial score (nSPS) is 11.0. The standard InChI is InChI=1S/C21H18FN3O2S/c1-13-19(20(26)23-11-14-3-7-16(22)8-4-14)28-21-24-18(12-25(13)21)15-5-9-17(27-2)10-6-15/h3-10,12H,11H2,1-2H3,(H,23,26). The molecule has 1 N–H and O–H groups in total. The average molecular weight is 395 g/mol. The number of amides is 1. The summed E-state index contributed by atoms with van der Waals surface area (Å²) in [6.07, 6.45) is 1.93. The van der Waals surface area contributed by atoms with E-state index in [-0.39, 0.29) is 11.7 Å². The number of hydrogen-bond acceptors (Lipinski definition) is 4. The van der Waals surface area contributed by atoms with Crippen molar-refractivity contribution in [1.29, 1.82) is 0 Å². The lowest BCUT2D eigenvalue weighted by Gasteiger charge is -2.05. The Labute approximate surface area is 165 Å². The van der Waals surface area contributed by atoms with Gasteiger partial charge in [-0.25, -0.2) is 9.37 Å². The van der Waals surface area contributed by atoms with Crippen LogP contribution < -0.4 is 10.1 Å². The molecule has 1 amide bonds. The number of fused-ring (bicyclic) bond motifs is 1. The van der Waals surface area contributed by atoms with Gasteiger partial charge in [0.25, 0.3) is 5.91 Å². The molecule has 2 aromatic heterocycles. The second-order valence-electron chi connectivity index (χ2n) is 6.33. The molecule has 0 bridgehead atoms. The number of aryl methyl sites for hydroxylation is 1. The zero-order chi connectivity index (χ0) is 19.7. The van der Waals surface area contributed by atoms with E-state index in [2.05, 4.69) is 10.3 Å². The minimum atomic E-state index is -0.293. The molecule has 0 saturated carbocycles. The predicted octanol–water partition coefficient (Wildman–Crippen LogP) is 4.45. The zero-order valence-electron chi connectivity index (χ0n) is 15.4. The van der Waals surface area contributed by atoms with Crippen molar-refractivity contribution in [2.45, 2.75) is 13.5 Å². The molecule has 2 heterocycles. The van der Waals surface area contributed by atoms with Crippen LogP contribution in [0.1, 0.15) is 20.9 Å². The maximum absolute atomic E-state index is 13.0. The van der Waals surface area contributed by atoms with Gasteiger partial charge in [-0.2, -0.15) is 0 Å². The number of ether oxygens (including phenoxy) is 1. The molecule has 0 aliphatic rings. The van der Waals surface area contributed by atoms with E-state index in [0.717, 1.165) is 33.2 Å². The zero-order valence-corrected chi connectivity index (χ0v) is 16.2. The van der Waals surface area contributed by atoms with Crippen molar-refractivity contribution in [2.75, 3.05) is 7.11 Å². The van der Waals surface area contributed by atoms with Gasteiger partial charge in [0.15, 0.2) is 4.96 Å². The van der Waals surface area contributed by atoms with E-state index >= 15 is 0 Å². The lowest BCUT2D eigenvalue weighted by Crippen LogP contribution is -2.22. The highest BCUT2D eigenvalue weighted by atomic mass is 32.1. The SMILES string of the molecule is COc1ccc(-c2cn3c(C)c(C(=O)NCc4ccc(F)cc4)sc3n2)cc1. The largest absolute Gasteiger partial charge is 0.497 e. The van der Waals surface area contributed by atoms with Gasteiger partial charge in [-0.3, -0.25) is 9.20 Å². The number of hydrogen-bond donors (Lipinski definition) is 1. The van der Waals surface area contributed by atoms with Gasteiger partial charge in [0.1, 0.15) is 16.4 Å². The van der Waals surface area contributed by atoms with Crippen LogP contribution in [0.4, 0.5) is 4.39 Å². The van der Waals surface area contributed by atoms with Crippen molar-refractivity contribution in [3.63, 3.8) is 0 Å². The maximum atomic E-state index is 13.0. The van der Waals surface area contributed by atoms with E-state index in [1.54, 1.807) is 19.2 Å². The van der Waals surface area contributed by atoms with Gasteiger partial charge in [-0.1, -0.05) is 23.5 Å². The van der Waals surface area contributed by atoms with E-state index in [1.807, 2.05) is 41.8 Å². The van der Waals surface area contributed by atoms with Crippen molar-refractivity contribution in [1.82, 2.24) is 14.7 Å². The van der Waals surface area contributed by atoms with Crippen LogP contribution >= 0.6 is 11.3 Å². The predicted molar refractivity (Wildman–Crippen MR) is 107 cm³/mol. The molecule has 0 aliphatic heterocycles. The number of methoxy groups -OCH3 is 1. The molecule has 4 aromatic rings. The van der Waals surface area contributed by atoms with Crippen molar-refractivity contribution in [3.05, 3.63) is 76.7 Å². The minimum Gasteiger partial charge on any atom is -0.497 e. The van der Waals surface area contributed by atoms with Gasteiger partial charge in [-0.05, 0) is 48.9 Å². The fraction of sp³-hybridized carbons (Fsp3) is 0.143. The van der Waals surface area contributed by atoms with E-state index in [1.165, 1.54) is 23.5 Å². The number of nitrogens with one attached hydrogen (secondary N) is 1. The Morgan fingerprint density at radius 1 is 1.18 bits per heavy atom. The molecule has 0 saturated heterocycles. The minimum absolute atomic E-state index is 0.164. The average Bonchev–Trinajstić information content (AvgIpc) is 3.27. The molecule has 2 aromatic carbocycles. The van der Waals surface area contributed by atoms with E-state index in [4.69, 9.17) is 4.74 Å². The van der Waals surface area contributed by atoms with Crippen molar-refractivity contribution in [2.24, 2.45) is 0 Å². The van der Waals surface area contributed by atoms with Crippen LogP contribution in [0.5, 0.6) is 5.75 Å². The lowest BCUT2D eigenvalue weighted by molar-refractivity contribution is 0.0954. The third-order valence-electron chi connectivity index (χ3n) is 4.52. The number of benzene rings is 2. The van der Waals surface area contributed by atoms with Gasteiger partial charge in [0, 0.05) is 24.0 Å². The Morgan fingerprint density at radius 2 is 1.89 bits per heavy atom. The third-order valence-corrected chi connectivity index (χ3v) is 5.67. The van der Waals surface area contributed by atoms with Gasteiger partial charge >= 0.3 is 0 Å². The summed E-state index contributed by atoms with van der Waals surface area (Å²) in [7, 11) is 1.63. The summed E-state index contributed by atoms with van der Waals surface area (Å²) in [6.45, 7) is 2.24. The summed E-state index contributed by atoms with van der Waals surface area (Å²) in [5, 5.41) is 2.88. The Hall–Kier alpha value is -3.19. The molecule has 7 heteroatoms. The number of aromatic nitrogens is 2. The first-order valence-electron chi connectivity index (χ1n) is 8.70. The summed E-state index contributed by atoms with van der Waals surface area (Å²) in [5.41, 5.74) is 3.51. The highest BCUT2D eigenvalue weighted by Crippen LogP contribution is 2.28. The molecule has 0 atom stereocenters. The molecule has 0 fully saturated rings. The maximum Gasteiger partial charge on any atom is 0.263 e. The highest BCUT2D eigenvalue weighted by molar-refractivity contribution is 7.19. The number of rotatable bonds is 5. The molecular weight excluding hydrogens is 377 g/mol. The van der Waals surface area contributed by atoms with Crippen LogP contribution in [-0.4, -0.2) is 22.4 Å². The monoisotopic (exact) mass is 395 g/mol. The molecule has 5 nitrogen and oxygen atoms in total. The molecule has 0 radical (unpaired) electrons. The summed E-state index contributed by atoms with van der Waals surface area (Å²) < 4.78 is 20.1. The van der Waals surface area contributed by atoms with E-state index in [9.17, 15) is 9.18 Å². The molecule has 0 spiro atoms. The molecule has 4 rings (SSSR count). The van der Waals surface area contributed by atoms with Crippen molar-refractivity contribution in [3.8, 4) is 17.0 Å². The summed E-state index contributed by atoms with van der Waals surface area (Å²) in [6, 6.07) is 13.8. The Balaban J connectivity index is 1.53. The third kappa shape index (κ3) is 3.48. The molecule has 0 aliphatic carbocycles. The quantitative estimate of drug-likeness (QED) is 0.543. The molecule has 142 valence electrons. The molecular formula is C21H18FN3O2S. The Bertz CT molecular complexity index is 1130. The Morgan fingerprint density at radius 3 is 2.54 bits per heavy atom. The fourth-order valence-corrected chi connectivity index (χ4v) is 3.95. The smallest absolute Gasteiger partial charge is 0.263 e. The number of carbonyl (C=O) groups excluding carboxylic acids is 1. The number of nitrogens with zero attached hydrogens (tertiary/aromatic N) is 2. The number of halogens is 1. The Kier molecular flexibility index (Phi) is 4.83. The van der Waals surface area contributed by atoms with Gasteiger partial charge in [0.2, 0.25) is 0 Å². The lowest BCUT2D eigenvalue weighted by atomic mass is 10.2. The van der Waals surface area contributed by atoms with Crippen molar-refractivity contribution >= 4 is 22.2 Å². The second kappa shape index (κ2) is 7.44. The van der Waals surface area contributed by atoms with E-state index in [0.29, 0.717) is 11.4 Å². The number of imidazole rings is 1. The van der Waals surface area contributed by atoms with Crippen molar-refractivity contribution < 1.29 is 13.9 Å². The first-order chi connectivity index (χ1) is 13.5. The van der Waals surface area contributed by atoms with Crippen LogP contribution in [0.25, 0.3) is 16.2 Å². The van der Waals surface area contributed by atoms with E-state index < -0.39 is 0 Å². The number of thiazole rings is 1. The molecule has 28 heavy (non-hydrogen) atoms. The van der Waals surface area contributed by atoms with Gasteiger partial charge < -0.3 is 10.1 Å². The van der Waals surface area contributed by atoms with Gasteiger partial charge in [-0.15, -0.1) is 0 Å². The fourth-order valence-electron chi connectivity index (χ4n) is 2.93. The van der Waals surface area contributed by atoms with Crippen LogP contribution in [-0.2, 0) is 6.54 Å². The van der Waals surface area contributed by atoms with Gasteiger partial charge in [0.05, 0.1) is 12.8 Å². The molecule has 0 unspecified atom stereocenters. The van der Waals surface area contributed by atoms with Crippen LogP contribution in [0, 0.1) is 12.7 Å². The topological polar surface area (TPSA) is 55.6 Å². The summed E-state index contributed by atoms with van der Waals surface area (Å²) in [4.78, 5) is 18.6. The summed E-state index contributed by atoms with van der Waals surface area (Å²) >= 11 is 1.35. The van der Waals surface area contributed by atoms with Crippen LogP contribution in [0.15, 0.2) is 54.7 Å². The highest BCUT2D eigenvalue weighted by Gasteiger charge is 2.18.